The van der Waals surface area contributed by atoms with Crippen LogP contribution in [-0.2, 0) is 14.9 Å². The Labute approximate surface area is 182 Å². The largest absolute Gasteiger partial charge is 0.482 e. The molecule has 0 saturated heterocycles. The second-order valence-electron chi connectivity index (χ2n) is 7.77. The van der Waals surface area contributed by atoms with Crippen LogP contribution < -0.4 is 4.90 Å². The van der Waals surface area contributed by atoms with E-state index in [0.717, 1.165) is 26.9 Å². The topological polar surface area (TPSA) is 66.8 Å². The van der Waals surface area contributed by atoms with Crippen molar-refractivity contribution in [3.63, 3.8) is 0 Å². The van der Waals surface area contributed by atoms with E-state index in [1.807, 2.05) is 36.4 Å². The first-order valence-corrected chi connectivity index (χ1v) is 12.4. The van der Waals surface area contributed by atoms with E-state index in [4.69, 9.17) is 9.29 Å². The molecule has 0 saturated carbocycles. The number of para-hydroxylation sites is 1. The van der Waals surface area contributed by atoms with Crippen molar-refractivity contribution in [3.05, 3.63) is 82.7 Å². The van der Waals surface area contributed by atoms with Gasteiger partial charge in [0, 0.05) is 17.5 Å². The van der Waals surface area contributed by atoms with Gasteiger partial charge in [0.2, 0.25) is 0 Å². The SMILES string of the molecule is CC(C)C1=CC2OC(C=C3Sc4ccccc4N3CCCS(=O)(=O)O)=CC=C2C=C1. The van der Waals surface area contributed by atoms with Crippen molar-refractivity contribution in [1.82, 2.24) is 0 Å². The Morgan fingerprint density at radius 3 is 2.80 bits per heavy atom. The molecule has 5 nitrogen and oxygen atoms in total. The molecule has 1 unspecified atom stereocenters. The average molecular weight is 444 g/mol. The van der Waals surface area contributed by atoms with Crippen molar-refractivity contribution in [2.45, 2.75) is 31.3 Å². The summed E-state index contributed by atoms with van der Waals surface area (Å²) in [5, 5.41) is 0.981. The van der Waals surface area contributed by atoms with Gasteiger partial charge in [-0.15, -0.1) is 0 Å². The number of fused-ring (bicyclic) bond motifs is 2. The number of nitrogens with zero attached hydrogens (tertiary/aromatic N) is 1. The number of anilines is 1. The summed E-state index contributed by atoms with van der Waals surface area (Å²) in [6.07, 6.45) is 12.7. The highest BCUT2D eigenvalue weighted by Gasteiger charge is 2.27. The highest BCUT2D eigenvalue weighted by atomic mass is 32.2. The smallest absolute Gasteiger partial charge is 0.264 e. The van der Waals surface area contributed by atoms with Crippen LogP contribution in [0.5, 0.6) is 0 Å². The molecule has 7 heteroatoms. The summed E-state index contributed by atoms with van der Waals surface area (Å²) < 4.78 is 37.6. The molecule has 0 fully saturated rings. The van der Waals surface area contributed by atoms with Crippen molar-refractivity contribution in [1.29, 1.82) is 0 Å². The fraction of sp³-hybridized carbons (Fsp3) is 0.304. The summed E-state index contributed by atoms with van der Waals surface area (Å²) in [4.78, 5) is 3.20. The molecule has 1 aromatic rings. The first kappa shape index (κ1) is 21.0. The molecular formula is C23H25NO4S2. The van der Waals surface area contributed by atoms with Crippen molar-refractivity contribution < 1.29 is 17.7 Å². The predicted molar refractivity (Wildman–Crippen MR) is 122 cm³/mol. The van der Waals surface area contributed by atoms with Gasteiger partial charge in [-0.25, -0.2) is 0 Å². The normalized spacial score (nSPS) is 21.7. The fourth-order valence-electron chi connectivity index (χ4n) is 3.62. The molecule has 0 amide bonds. The third-order valence-electron chi connectivity index (χ3n) is 5.20. The maximum atomic E-state index is 11.1. The zero-order valence-electron chi connectivity index (χ0n) is 17.0. The van der Waals surface area contributed by atoms with E-state index in [2.05, 4.69) is 43.1 Å². The number of hydrogen-bond acceptors (Lipinski definition) is 5. The summed E-state index contributed by atoms with van der Waals surface area (Å²) in [6.45, 7) is 4.83. The Morgan fingerprint density at radius 1 is 1.23 bits per heavy atom. The Bertz CT molecular complexity index is 1090. The number of rotatable bonds is 6. The molecular weight excluding hydrogens is 418 g/mol. The van der Waals surface area contributed by atoms with Crippen molar-refractivity contribution in [3.8, 4) is 0 Å². The molecule has 0 radical (unpaired) electrons. The van der Waals surface area contributed by atoms with E-state index < -0.39 is 10.1 Å². The van der Waals surface area contributed by atoms with Gasteiger partial charge in [-0.3, -0.25) is 4.55 Å². The molecule has 0 aromatic heterocycles. The first-order valence-electron chi connectivity index (χ1n) is 10.00. The van der Waals surface area contributed by atoms with E-state index in [1.165, 1.54) is 5.57 Å². The lowest BCUT2D eigenvalue weighted by Crippen LogP contribution is -2.22. The molecule has 2 heterocycles. The summed E-state index contributed by atoms with van der Waals surface area (Å²) in [7, 11) is -3.97. The molecule has 2 aliphatic heterocycles. The van der Waals surface area contributed by atoms with Gasteiger partial charge < -0.3 is 9.64 Å². The van der Waals surface area contributed by atoms with Crippen LogP contribution in [0.3, 0.4) is 0 Å². The summed E-state index contributed by atoms with van der Waals surface area (Å²) in [6, 6.07) is 8.03. The van der Waals surface area contributed by atoms with E-state index >= 15 is 0 Å². The zero-order valence-corrected chi connectivity index (χ0v) is 18.6. The molecule has 1 N–H and O–H groups in total. The maximum absolute atomic E-state index is 11.1. The monoisotopic (exact) mass is 443 g/mol. The van der Waals surface area contributed by atoms with Gasteiger partial charge in [0.25, 0.3) is 10.1 Å². The van der Waals surface area contributed by atoms with Crippen LogP contribution in [0.2, 0.25) is 0 Å². The van der Waals surface area contributed by atoms with E-state index in [1.54, 1.807) is 11.8 Å². The Hall–Kier alpha value is -2.22. The number of ether oxygens (including phenoxy) is 1. The lowest BCUT2D eigenvalue weighted by Gasteiger charge is -2.27. The minimum absolute atomic E-state index is 0.0917. The highest BCUT2D eigenvalue weighted by Crippen LogP contribution is 2.46. The fourth-order valence-corrected chi connectivity index (χ4v) is 5.24. The minimum Gasteiger partial charge on any atom is -0.482 e. The summed E-state index contributed by atoms with van der Waals surface area (Å²) in [5.41, 5.74) is 3.44. The van der Waals surface area contributed by atoms with Gasteiger partial charge >= 0.3 is 0 Å². The molecule has 4 rings (SSSR count). The third kappa shape index (κ3) is 4.74. The number of thioether (sulfide) groups is 1. The van der Waals surface area contributed by atoms with Crippen LogP contribution in [0.1, 0.15) is 20.3 Å². The van der Waals surface area contributed by atoms with Crippen LogP contribution in [-0.4, -0.2) is 31.4 Å². The average Bonchev–Trinajstić information content (AvgIpc) is 3.03. The van der Waals surface area contributed by atoms with Crippen LogP contribution in [0, 0.1) is 5.92 Å². The molecule has 30 heavy (non-hydrogen) atoms. The van der Waals surface area contributed by atoms with Gasteiger partial charge in [0.1, 0.15) is 11.9 Å². The molecule has 0 bridgehead atoms. The second-order valence-corrected chi connectivity index (χ2v) is 10.4. The van der Waals surface area contributed by atoms with Crippen LogP contribution in [0.4, 0.5) is 5.69 Å². The van der Waals surface area contributed by atoms with E-state index in [-0.39, 0.29) is 11.9 Å². The summed E-state index contributed by atoms with van der Waals surface area (Å²) in [5.74, 6) is 0.956. The van der Waals surface area contributed by atoms with E-state index in [9.17, 15) is 8.42 Å². The lowest BCUT2D eigenvalue weighted by molar-refractivity contribution is 0.190. The Kier molecular flexibility index (Phi) is 5.95. The molecule has 1 aliphatic carbocycles. The van der Waals surface area contributed by atoms with Gasteiger partial charge in [0.05, 0.1) is 16.5 Å². The van der Waals surface area contributed by atoms with Gasteiger partial charge in [0.15, 0.2) is 0 Å². The predicted octanol–water partition coefficient (Wildman–Crippen LogP) is 5.08. The van der Waals surface area contributed by atoms with E-state index in [0.29, 0.717) is 18.9 Å². The third-order valence-corrected chi connectivity index (χ3v) is 7.11. The quantitative estimate of drug-likeness (QED) is 0.619. The van der Waals surface area contributed by atoms with Crippen LogP contribution in [0.25, 0.3) is 0 Å². The number of hydrogen-bond donors (Lipinski definition) is 1. The van der Waals surface area contributed by atoms with Crippen LogP contribution >= 0.6 is 11.8 Å². The minimum atomic E-state index is -3.97. The van der Waals surface area contributed by atoms with Crippen molar-refractivity contribution in [2.24, 2.45) is 5.92 Å². The van der Waals surface area contributed by atoms with Gasteiger partial charge in [-0.1, -0.05) is 56.0 Å². The highest BCUT2D eigenvalue weighted by molar-refractivity contribution is 8.03. The Balaban J connectivity index is 1.57. The Morgan fingerprint density at radius 2 is 2.03 bits per heavy atom. The second kappa shape index (κ2) is 8.49. The van der Waals surface area contributed by atoms with Gasteiger partial charge in [-0.05, 0) is 47.8 Å². The molecule has 3 aliphatic rings. The van der Waals surface area contributed by atoms with Crippen molar-refractivity contribution >= 4 is 27.6 Å². The maximum Gasteiger partial charge on any atom is 0.264 e. The first-order chi connectivity index (χ1) is 14.3. The molecule has 158 valence electrons. The number of benzene rings is 1. The number of allylic oxidation sites excluding steroid dienone is 5. The van der Waals surface area contributed by atoms with Crippen LogP contribution in [0.15, 0.2) is 87.6 Å². The molecule has 0 spiro atoms. The zero-order chi connectivity index (χ0) is 21.3. The lowest BCUT2D eigenvalue weighted by atomic mass is 9.92. The van der Waals surface area contributed by atoms with Gasteiger partial charge in [-0.2, -0.15) is 8.42 Å². The summed E-state index contributed by atoms with van der Waals surface area (Å²) >= 11 is 1.63. The molecule has 1 aromatic carbocycles. The van der Waals surface area contributed by atoms with Crippen molar-refractivity contribution in [2.75, 3.05) is 17.2 Å². The molecule has 1 atom stereocenters. The standard InChI is InChI=1S/C23H25NO4S2/c1-16(2)18-9-8-17-10-11-19(28-21(17)14-18)15-23-24(12-5-13-30(25,26)27)20-6-3-4-7-22(20)29-23/h3-4,6-11,14-16,21H,5,12-13H2,1-2H3,(H,25,26,27).